The van der Waals surface area contributed by atoms with E-state index in [9.17, 15) is 9.59 Å². The van der Waals surface area contributed by atoms with Gasteiger partial charge in [-0.2, -0.15) is 0 Å². The standard InChI is InChI=1S/C17H22N2O3/c1-17(2,3)22-16(21)19-14-10-13(14)12-7-4-11(5-8-12)6-9-15(18)20/h4-9,13-14H,10H2,1-3H3,(H2,18,20)(H,19,21)/b9-6+/t13-,14+/m0/s1. The van der Waals surface area contributed by atoms with Gasteiger partial charge in [-0.3, -0.25) is 4.79 Å². The maximum Gasteiger partial charge on any atom is 0.407 e. The summed E-state index contributed by atoms with van der Waals surface area (Å²) in [5.41, 5.74) is 6.66. The van der Waals surface area contributed by atoms with E-state index in [1.807, 2.05) is 45.0 Å². The summed E-state index contributed by atoms with van der Waals surface area (Å²) in [6.45, 7) is 5.53. The van der Waals surface area contributed by atoms with Crippen LogP contribution in [0.2, 0.25) is 0 Å². The van der Waals surface area contributed by atoms with Crippen LogP contribution in [0.25, 0.3) is 6.08 Å². The number of nitrogens with one attached hydrogen (secondary N) is 1. The quantitative estimate of drug-likeness (QED) is 0.839. The minimum Gasteiger partial charge on any atom is -0.444 e. The molecule has 0 saturated heterocycles. The molecule has 0 aromatic heterocycles. The normalized spacial score (nSPS) is 20.7. The number of primary amides is 1. The summed E-state index contributed by atoms with van der Waals surface area (Å²) < 4.78 is 5.24. The number of rotatable bonds is 4. The van der Waals surface area contributed by atoms with Gasteiger partial charge in [0.25, 0.3) is 0 Å². The molecule has 118 valence electrons. The van der Waals surface area contributed by atoms with Crippen LogP contribution in [0.4, 0.5) is 4.79 Å². The molecule has 2 atom stereocenters. The molecule has 1 aliphatic rings. The number of benzene rings is 1. The highest BCUT2D eigenvalue weighted by atomic mass is 16.6. The third-order valence-electron chi connectivity index (χ3n) is 3.30. The number of amides is 2. The molecule has 0 bridgehead atoms. The second-order valence-corrected chi connectivity index (χ2v) is 6.50. The summed E-state index contributed by atoms with van der Waals surface area (Å²) in [6.07, 6.45) is 3.55. The van der Waals surface area contributed by atoms with E-state index in [0.717, 1.165) is 17.5 Å². The minimum absolute atomic E-state index is 0.127. The van der Waals surface area contributed by atoms with Gasteiger partial charge in [0.05, 0.1) is 0 Å². The lowest BCUT2D eigenvalue weighted by molar-refractivity contribution is -0.113. The Morgan fingerprint density at radius 2 is 1.91 bits per heavy atom. The van der Waals surface area contributed by atoms with Crippen LogP contribution in [0.15, 0.2) is 30.3 Å². The third-order valence-corrected chi connectivity index (χ3v) is 3.30. The van der Waals surface area contributed by atoms with Gasteiger partial charge in [-0.1, -0.05) is 24.3 Å². The molecule has 2 amide bonds. The first kappa shape index (κ1) is 16.1. The highest BCUT2D eigenvalue weighted by molar-refractivity contribution is 5.90. The number of hydrogen-bond donors (Lipinski definition) is 2. The monoisotopic (exact) mass is 302 g/mol. The van der Waals surface area contributed by atoms with Crippen LogP contribution < -0.4 is 11.1 Å². The molecule has 5 heteroatoms. The molecule has 1 aliphatic carbocycles. The van der Waals surface area contributed by atoms with E-state index in [1.54, 1.807) is 6.08 Å². The van der Waals surface area contributed by atoms with Gasteiger partial charge in [0.1, 0.15) is 5.60 Å². The van der Waals surface area contributed by atoms with E-state index in [4.69, 9.17) is 10.5 Å². The van der Waals surface area contributed by atoms with E-state index in [2.05, 4.69) is 5.32 Å². The highest BCUT2D eigenvalue weighted by Gasteiger charge is 2.40. The van der Waals surface area contributed by atoms with Gasteiger partial charge in [0.15, 0.2) is 0 Å². The molecule has 2 rings (SSSR count). The van der Waals surface area contributed by atoms with Crippen molar-refractivity contribution >= 4 is 18.1 Å². The zero-order valence-corrected chi connectivity index (χ0v) is 13.1. The highest BCUT2D eigenvalue weighted by Crippen LogP contribution is 2.40. The van der Waals surface area contributed by atoms with Crippen LogP contribution >= 0.6 is 0 Å². The topological polar surface area (TPSA) is 81.4 Å². The van der Waals surface area contributed by atoms with Crippen LogP contribution in [-0.2, 0) is 9.53 Å². The van der Waals surface area contributed by atoms with Crippen LogP contribution in [0.5, 0.6) is 0 Å². The molecular weight excluding hydrogens is 280 g/mol. The lowest BCUT2D eigenvalue weighted by Gasteiger charge is -2.19. The van der Waals surface area contributed by atoms with Gasteiger partial charge >= 0.3 is 6.09 Å². The van der Waals surface area contributed by atoms with Crippen molar-refractivity contribution in [2.75, 3.05) is 0 Å². The number of hydrogen-bond acceptors (Lipinski definition) is 3. The first-order valence-corrected chi connectivity index (χ1v) is 7.31. The van der Waals surface area contributed by atoms with Crippen molar-refractivity contribution in [1.29, 1.82) is 0 Å². The summed E-state index contributed by atoms with van der Waals surface area (Å²) in [6, 6.07) is 7.99. The molecule has 0 spiro atoms. The number of carbonyl (C=O) groups is 2. The number of alkyl carbamates (subject to hydrolysis) is 1. The Bertz CT molecular complexity index is 585. The van der Waals surface area contributed by atoms with Crippen LogP contribution in [0.3, 0.4) is 0 Å². The molecule has 0 unspecified atom stereocenters. The Kier molecular flexibility index (Phi) is 4.54. The Morgan fingerprint density at radius 3 is 2.45 bits per heavy atom. The lowest BCUT2D eigenvalue weighted by Crippen LogP contribution is -2.34. The maximum absolute atomic E-state index is 11.7. The van der Waals surface area contributed by atoms with Crippen LogP contribution in [-0.4, -0.2) is 23.6 Å². The smallest absolute Gasteiger partial charge is 0.407 e. The summed E-state index contributed by atoms with van der Waals surface area (Å²) >= 11 is 0. The molecule has 0 radical (unpaired) electrons. The number of carbonyl (C=O) groups excluding carboxylic acids is 2. The summed E-state index contributed by atoms with van der Waals surface area (Å²) in [5.74, 6) is -0.144. The molecule has 1 aromatic carbocycles. The SMILES string of the molecule is CC(C)(C)OC(=O)N[C@@H]1C[C@H]1c1ccc(/C=C/C(N)=O)cc1. The third kappa shape index (κ3) is 4.91. The molecule has 0 aliphatic heterocycles. The van der Waals surface area contributed by atoms with Crippen molar-refractivity contribution in [3.63, 3.8) is 0 Å². The fraction of sp³-hybridized carbons (Fsp3) is 0.412. The molecular formula is C17H22N2O3. The molecule has 1 aromatic rings. The molecule has 3 N–H and O–H groups in total. The van der Waals surface area contributed by atoms with E-state index >= 15 is 0 Å². The maximum atomic E-state index is 11.7. The fourth-order valence-electron chi connectivity index (χ4n) is 2.21. The largest absolute Gasteiger partial charge is 0.444 e. The van der Waals surface area contributed by atoms with Crippen molar-refractivity contribution in [2.24, 2.45) is 5.73 Å². The lowest BCUT2D eigenvalue weighted by atomic mass is 10.1. The summed E-state index contributed by atoms with van der Waals surface area (Å²) in [4.78, 5) is 22.4. The van der Waals surface area contributed by atoms with Gasteiger partial charge < -0.3 is 15.8 Å². The van der Waals surface area contributed by atoms with Crippen molar-refractivity contribution in [2.45, 2.75) is 44.8 Å². The Balaban J connectivity index is 1.87. The Hall–Kier alpha value is -2.30. The van der Waals surface area contributed by atoms with Gasteiger partial charge in [-0.25, -0.2) is 4.79 Å². The first-order valence-electron chi connectivity index (χ1n) is 7.31. The van der Waals surface area contributed by atoms with E-state index in [1.165, 1.54) is 6.08 Å². The zero-order chi connectivity index (χ0) is 16.3. The summed E-state index contributed by atoms with van der Waals surface area (Å²) in [5, 5.41) is 2.88. The molecule has 0 heterocycles. The van der Waals surface area contributed by atoms with Crippen LogP contribution in [0, 0.1) is 0 Å². The average Bonchev–Trinajstić information content (AvgIpc) is 3.13. The predicted molar refractivity (Wildman–Crippen MR) is 85.2 cm³/mol. The zero-order valence-electron chi connectivity index (χ0n) is 13.1. The second-order valence-electron chi connectivity index (χ2n) is 6.50. The first-order chi connectivity index (χ1) is 10.2. The fourth-order valence-corrected chi connectivity index (χ4v) is 2.21. The second kappa shape index (κ2) is 6.22. The molecule has 22 heavy (non-hydrogen) atoms. The van der Waals surface area contributed by atoms with E-state index < -0.39 is 11.5 Å². The van der Waals surface area contributed by atoms with Crippen LogP contribution in [0.1, 0.15) is 44.2 Å². The van der Waals surface area contributed by atoms with Crippen molar-refractivity contribution < 1.29 is 14.3 Å². The Labute approximate surface area is 130 Å². The van der Waals surface area contributed by atoms with Gasteiger partial charge in [0.2, 0.25) is 5.91 Å². The predicted octanol–water partition coefficient (Wildman–Crippen LogP) is 2.57. The van der Waals surface area contributed by atoms with Crippen molar-refractivity contribution in [1.82, 2.24) is 5.32 Å². The van der Waals surface area contributed by atoms with Gasteiger partial charge in [0, 0.05) is 18.0 Å². The van der Waals surface area contributed by atoms with E-state index in [0.29, 0.717) is 5.92 Å². The van der Waals surface area contributed by atoms with Crippen molar-refractivity contribution in [3.05, 3.63) is 41.5 Å². The summed E-state index contributed by atoms with van der Waals surface area (Å²) in [7, 11) is 0. The number of nitrogens with two attached hydrogens (primary N) is 1. The Morgan fingerprint density at radius 1 is 1.27 bits per heavy atom. The molecule has 5 nitrogen and oxygen atoms in total. The minimum atomic E-state index is -0.483. The molecule has 1 fully saturated rings. The van der Waals surface area contributed by atoms with E-state index in [-0.39, 0.29) is 12.1 Å². The number of ether oxygens (including phenoxy) is 1. The van der Waals surface area contributed by atoms with Gasteiger partial charge in [-0.15, -0.1) is 0 Å². The molecule has 1 saturated carbocycles. The average molecular weight is 302 g/mol. The van der Waals surface area contributed by atoms with Crippen molar-refractivity contribution in [3.8, 4) is 0 Å². The van der Waals surface area contributed by atoms with Gasteiger partial charge in [-0.05, 0) is 44.4 Å².